The number of hydrogen-bond donors (Lipinski definition) is 2. The van der Waals surface area contributed by atoms with Crippen LogP contribution < -0.4 is 11.5 Å². The molecule has 0 atom stereocenters. The maximum atomic E-state index is 13.6. The van der Waals surface area contributed by atoms with Gasteiger partial charge >= 0.3 is 0 Å². The summed E-state index contributed by atoms with van der Waals surface area (Å²) in [7, 11) is -4.29. The molecular weight excluding hydrogens is 274 g/mol. The fourth-order valence-corrected chi connectivity index (χ4v) is 2.95. The molecule has 0 aliphatic heterocycles. The minimum atomic E-state index is -4.29. The van der Waals surface area contributed by atoms with Crippen molar-refractivity contribution in [1.29, 1.82) is 0 Å². The van der Waals surface area contributed by atoms with E-state index in [1.807, 2.05) is 0 Å². The number of rotatable bonds is 2. The SMILES string of the molecule is Nc1ccc(S(=O)(=O)c2ccc(N)cc2F)c(F)c1. The zero-order valence-electron chi connectivity index (χ0n) is 9.60. The molecule has 19 heavy (non-hydrogen) atoms. The van der Waals surface area contributed by atoms with Crippen molar-refractivity contribution < 1.29 is 17.2 Å². The smallest absolute Gasteiger partial charge is 0.212 e. The topological polar surface area (TPSA) is 86.2 Å². The lowest BCUT2D eigenvalue weighted by molar-refractivity contribution is 0.552. The standard InChI is InChI=1S/C12H10F2N2O2S/c13-9-5-7(15)1-3-11(9)19(17,18)12-4-2-8(16)6-10(12)14/h1-6H,15-16H2. The van der Waals surface area contributed by atoms with E-state index in [0.29, 0.717) is 0 Å². The minimum absolute atomic E-state index is 0.0780. The van der Waals surface area contributed by atoms with E-state index < -0.39 is 31.3 Å². The van der Waals surface area contributed by atoms with Crippen LogP contribution >= 0.6 is 0 Å². The molecule has 7 heteroatoms. The predicted molar refractivity (Wildman–Crippen MR) is 67.1 cm³/mol. The first kappa shape index (κ1) is 13.3. The van der Waals surface area contributed by atoms with Crippen LogP contribution in [0.2, 0.25) is 0 Å². The zero-order chi connectivity index (χ0) is 14.2. The highest BCUT2D eigenvalue weighted by molar-refractivity contribution is 7.91. The van der Waals surface area contributed by atoms with E-state index in [0.717, 1.165) is 24.3 Å². The van der Waals surface area contributed by atoms with Crippen LogP contribution in [0.15, 0.2) is 46.2 Å². The first-order valence-electron chi connectivity index (χ1n) is 5.17. The summed E-state index contributed by atoms with van der Waals surface area (Å²) in [6.07, 6.45) is 0. The molecule has 0 saturated carbocycles. The van der Waals surface area contributed by atoms with Crippen molar-refractivity contribution in [2.75, 3.05) is 11.5 Å². The van der Waals surface area contributed by atoms with Crippen LogP contribution in [0.5, 0.6) is 0 Å². The maximum Gasteiger partial charge on any atom is 0.212 e. The van der Waals surface area contributed by atoms with Crippen molar-refractivity contribution in [3.63, 3.8) is 0 Å². The molecule has 0 heterocycles. The van der Waals surface area contributed by atoms with Gasteiger partial charge in [-0.2, -0.15) is 0 Å². The molecule has 2 aromatic rings. The van der Waals surface area contributed by atoms with Crippen molar-refractivity contribution in [2.45, 2.75) is 9.79 Å². The normalized spacial score (nSPS) is 11.5. The van der Waals surface area contributed by atoms with Crippen LogP contribution in [0.1, 0.15) is 0 Å². The van der Waals surface area contributed by atoms with E-state index in [2.05, 4.69) is 0 Å². The fraction of sp³-hybridized carbons (Fsp3) is 0. The molecule has 0 amide bonds. The van der Waals surface area contributed by atoms with E-state index in [9.17, 15) is 17.2 Å². The molecule has 2 aromatic carbocycles. The third-order valence-electron chi connectivity index (χ3n) is 2.49. The Morgan fingerprint density at radius 1 is 0.789 bits per heavy atom. The van der Waals surface area contributed by atoms with Gasteiger partial charge < -0.3 is 11.5 Å². The molecule has 4 nitrogen and oxygen atoms in total. The second-order valence-corrected chi connectivity index (χ2v) is 5.77. The Bertz CT molecular complexity index is 688. The van der Waals surface area contributed by atoms with Crippen molar-refractivity contribution >= 4 is 21.2 Å². The third-order valence-corrected chi connectivity index (χ3v) is 4.31. The molecule has 4 N–H and O–H groups in total. The van der Waals surface area contributed by atoms with Gasteiger partial charge in [0.1, 0.15) is 21.4 Å². The van der Waals surface area contributed by atoms with E-state index >= 15 is 0 Å². The molecule has 2 rings (SSSR count). The highest BCUT2D eigenvalue weighted by Gasteiger charge is 2.25. The van der Waals surface area contributed by atoms with Crippen LogP contribution in [-0.2, 0) is 9.84 Å². The molecular formula is C12H10F2N2O2S. The van der Waals surface area contributed by atoms with Gasteiger partial charge in [-0.1, -0.05) is 0 Å². The molecule has 0 radical (unpaired) electrons. The van der Waals surface area contributed by atoms with Gasteiger partial charge in [0.2, 0.25) is 9.84 Å². The van der Waals surface area contributed by atoms with E-state index in [4.69, 9.17) is 11.5 Å². The van der Waals surface area contributed by atoms with Crippen LogP contribution in [0, 0.1) is 11.6 Å². The number of anilines is 2. The van der Waals surface area contributed by atoms with Crippen molar-refractivity contribution in [2.24, 2.45) is 0 Å². The summed E-state index contributed by atoms with van der Waals surface area (Å²) in [6, 6.07) is 6.17. The van der Waals surface area contributed by atoms with E-state index in [1.54, 1.807) is 0 Å². The Balaban J connectivity index is 2.65. The van der Waals surface area contributed by atoms with Crippen molar-refractivity contribution in [1.82, 2.24) is 0 Å². The van der Waals surface area contributed by atoms with Gasteiger partial charge in [-0.15, -0.1) is 0 Å². The first-order valence-corrected chi connectivity index (χ1v) is 6.66. The Morgan fingerprint density at radius 3 is 1.47 bits per heavy atom. The quantitative estimate of drug-likeness (QED) is 0.825. The number of hydrogen-bond acceptors (Lipinski definition) is 4. The molecule has 0 fully saturated rings. The molecule has 0 aliphatic rings. The highest BCUT2D eigenvalue weighted by Crippen LogP contribution is 2.27. The van der Waals surface area contributed by atoms with Crippen LogP contribution in [0.25, 0.3) is 0 Å². The molecule has 100 valence electrons. The Hall–Kier alpha value is -2.15. The average Bonchev–Trinajstić information content (AvgIpc) is 2.27. The van der Waals surface area contributed by atoms with Gasteiger partial charge in [0, 0.05) is 11.4 Å². The Kier molecular flexibility index (Phi) is 3.15. The van der Waals surface area contributed by atoms with Gasteiger partial charge in [-0.25, -0.2) is 17.2 Å². The summed E-state index contributed by atoms with van der Waals surface area (Å²) < 4.78 is 51.5. The summed E-state index contributed by atoms with van der Waals surface area (Å²) in [5.41, 5.74) is 10.8. The molecule has 0 bridgehead atoms. The summed E-state index contributed by atoms with van der Waals surface area (Å²) in [5.74, 6) is -2.06. The van der Waals surface area contributed by atoms with Gasteiger partial charge in [0.15, 0.2) is 0 Å². The van der Waals surface area contributed by atoms with Crippen LogP contribution in [0.3, 0.4) is 0 Å². The van der Waals surface area contributed by atoms with Crippen molar-refractivity contribution in [3.05, 3.63) is 48.0 Å². The molecule has 0 aliphatic carbocycles. The summed E-state index contributed by atoms with van der Waals surface area (Å²) in [4.78, 5) is -1.27. The number of sulfone groups is 1. The Morgan fingerprint density at radius 2 is 1.16 bits per heavy atom. The molecule has 0 unspecified atom stereocenters. The largest absolute Gasteiger partial charge is 0.399 e. The first-order chi connectivity index (χ1) is 8.82. The second-order valence-electron chi connectivity index (χ2n) is 3.88. The van der Waals surface area contributed by atoms with Gasteiger partial charge in [0.05, 0.1) is 0 Å². The lowest BCUT2D eigenvalue weighted by atomic mass is 10.3. The van der Waals surface area contributed by atoms with Gasteiger partial charge in [-0.05, 0) is 36.4 Å². The minimum Gasteiger partial charge on any atom is -0.399 e. The molecule has 0 saturated heterocycles. The maximum absolute atomic E-state index is 13.6. The molecule has 0 aromatic heterocycles. The zero-order valence-corrected chi connectivity index (χ0v) is 10.4. The predicted octanol–water partition coefficient (Wildman–Crippen LogP) is 1.96. The lowest BCUT2D eigenvalue weighted by Gasteiger charge is -2.08. The molecule has 0 spiro atoms. The lowest BCUT2D eigenvalue weighted by Crippen LogP contribution is -2.07. The Labute approximate surface area is 108 Å². The monoisotopic (exact) mass is 284 g/mol. The van der Waals surface area contributed by atoms with Crippen molar-refractivity contribution in [3.8, 4) is 0 Å². The number of halogens is 2. The summed E-state index contributed by atoms with van der Waals surface area (Å²) >= 11 is 0. The van der Waals surface area contributed by atoms with Crippen LogP contribution in [0.4, 0.5) is 20.2 Å². The van der Waals surface area contributed by atoms with Gasteiger partial charge in [0.25, 0.3) is 0 Å². The van der Waals surface area contributed by atoms with E-state index in [-0.39, 0.29) is 11.4 Å². The van der Waals surface area contributed by atoms with Gasteiger partial charge in [-0.3, -0.25) is 0 Å². The van der Waals surface area contributed by atoms with E-state index in [1.165, 1.54) is 12.1 Å². The fourth-order valence-electron chi connectivity index (χ4n) is 1.59. The number of nitrogen functional groups attached to an aromatic ring is 2. The second kappa shape index (κ2) is 4.51. The average molecular weight is 284 g/mol. The third kappa shape index (κ3) is 2.37. The summed E-state index contributed by atoms with van der Waals surface area (Å²) in [5, 5.41) is 0. The number of benzene rings is 2. The number of nitrogens with two attached hydrogens (primary N) is 2. The highest BCUT2D eigenvalue weighted by atomic mass is 32.2. The van der Waals surface area contributed by atoms with Crippen LogP contribution in [-0.4, -0.2) is 8.42 Å². The summed E-state index contributed by atoms with van der Waals surface area (Å²) in [6.45, 7) is 0.